The second-order valence-electron chi connectivity index (χ2n) is 7.72. The van der Waals surface area contributed by atoms with E-state index in [9.17, 15) is 13.2 Å². The van der Waals surface area contributed by atoms with Crippen molar-refractivity contribution in [1.82, 2.24) is 14.4 Å². The van der Waals surface area contributed by atoms with E-state index in [4.69, 9.17) is 4.52 Å². The summed E-state index contributed by atoms with van der Waals surface area (Å²) in [6.45, 7) is 6.42. The molecule has 0 saturated carbocycles. The topological polar surface area (TPSA) is 83.7 Å². The van der Waals surface area contributed by atoms with Crippen molar-refractivity contribution in [2.45, 2.75) is 51.5 Å². The number of hydrogen-bond acceptors (Lipinski definition) is 5. The minimum atomic E-state index is -3.73. The predicted molar refractivity (Wildman–Crippen MR) is 110 cm³/mol. The molecule has 0 spiro atoms. The predicted octanol–water partition coefficient (Wildman–Crippen LogP) is 2.91. The summed E-state index contributed by atoms with van der Waals surface area (Å²) in [7, 11) is -1.96. The van der Waals surface area contributed by atoms with Crippen LogP contribution in [-0.2, 0) is 27.8 Å². The molecule has 7 nitrogen and oxygen atoms in total. The molecule has 8 heteroatoms. The molecule has 0 aliphatic carbocycles. The first kappa shape index (κ1) is 21.5. The van der Waals surface area contributed by atoms with Crippen molar-refractivity contribution in [2.24, 2.45) is 5.92 Å². The van der Waals surface area contributed by atoms with Crippen LogP contribution in [0.2, 0.25) is 0 Å². The molecule has 0 bridgehead atoms. The second kappa shape index (κ2) is 8.67. The molecule has 1 aromatic carbocycles. The minimum Gasteiger partial charge on any atom is -0.360 e. The molecule has 29 heavy (non-hydrogen) atoms. The van der Waals surface area contributed by atoms with Crippen LogP contribution in [0.3, 0.4) is 0 Å². The van der Waals surface area contributed by atoms with Gasteiger partial charge in [-0.25, -0.2) is 8.42 Å². The number of rotatable bonds is 6. The Hall–Kier alpha value is -2.19. The lowest BCUT2D eigenvalue weighted by atomic mass is 9.98. The molecule has 1 saturated heterocycles. The van der Waals surface area contributed by atoms with Crippen molar-refractivity contribution in [1.29, 1.82) is 0 Å². The third-order valence-corrected chi connectivity index (χ3v) is 7.64. The zero-order chi connectivity index (χ0) is 21.2. The standard InChI is InChI=1S/C21H29N3O4S/c1-5-17-8-10-18(11-9-17)13-23(4)21(25)19-7-6-12-24(14-19)29(26,27)20-15(2)22-28-16(20)3/h8-11,19H,5-7,12-14H2,1-4H3. The molecular formula is C21H29N3O4S. The third kappa shape index (κ3) is 4.53. The van der Waals surface area contributed by atoms with Crippen molar-refractivity contribution in [3.05, 3.63) is 46.8 Å². The average Bonchev–Trinajstić information content (AvgIpc) is 3.06. The number of sulfonamides is 1. The van der Waals surface area contributed by atoms with E-state index in [0.717, 1.165) is 12.0 Å². The lowest BCUT2D eigenvalue weighted by Crippen LogP contribution is -2.45. The Morgan fingerprint density at radius 1 is 1.24 bits per heavy atom. The fourth-order valence-electron chi connectivity index (χ4n) is 3.88. The number of carbonyl (C=O) groups excluding carboxylic acids is 1. The fourth-order valence-corrected chi connectivity index (χ4v) is 5.69. The maximum atomic E-state index is 13.1. The molecule has 1 unspecified atom stereocenters. The van der Waals surface area contributed by atoms with Crippen molar-refractivity contribution in [2.75, 3.05) is 20.1 Å². The number of hydrogen-bond donors (Lipinski definition) is 0. The Balaban J connectivity index is 1.70. The molecule has 0 radical (unpaired) electrons. The number of benzene rings is 1. The van der Waals surface area contributed by atoms with Gasteiger partial charge >= 0.3 is 0 Å². The van der Waals surface area contributed by atoms with Gasteiger partial charge in [-0.05, 0) is 44.2 Å². The highest BCUT2D eigenvalue weighted by Crippen LogP contribution is 2.28. The van der Waals surface area contributed by atoms with Crippen LogP contribution in [0.1, 0.15) is 42.3 Å². The van der Waals surface area contributed by atoms with Crippen LogP contribution in [0, 0.1) is 19.8 Å². The zero-order valence-corrected chi connectivity index (χ0v) is 18.3. The molecular weight excluding hydrogens is 390 g/mol. The summed E-state index contributed by atoms with van der Waals surface area (Å²) in [6, 6.07) is 8.23. The quantitative estimate of drug-likeness (QED) is 0.719. The fraction of sp³-hybridized carbons (Fsp3) is 0.524. The van der Waals surface area contributed by atoms with Gasteiger partial charge in [0.1, 0.15) is 10.6 Å². The molecule has 2 aromatic rings. The highest BCUT2D eigenvalue weighted by molar-refractivity contribution is 7.89. The van der Waals surface area contributed by atoms with Crippen LogP contribution in [0.5, 0.6) is 0 Å². The lowest BCUT2D eigenvalue weighted by Gasteiger charge is -2.33. The van der Waals surface area contributed by atoms with Crippen molar-refractivity contribution in [3.8, 4) is 0 Å². The summed E-state index contributed by atoms with van der Waals surface area (Å²) in [5, 5.41) is 3.76. The summed E-state index contributed by atoms with van der Waals surface area (Å²) in [6.07, 6.45) is 2.32. The summed E-state index contributed by atoms with van der Waals surface area (Å²) >= 11 is 0. The SMILES string of the molecule is CCc1ccc(CN(C)C(=O)C2CCCN(S(=O)(=O)c3c(C)noc3C)C2)cc1. The highest BCUT2D eigenvalue weighted by Gasteiger charge is 2.37. The lowest BCUT2D eigenvalue weighted by molar-refractivity contribution is -0.135. The van der Waals surface area contributed by atoms with Crippen LogP contribution >= 0.6 is 0 Å². The van der Waals surface area contributed by atoms with Crippen LogP contribution in [0.25, 0.3) is 0 Å². The summed E-state index contributed by atoms with van der Waals surface area (Å²) in [5.74, 6) is -0.0919. The monoisotopic (exact) mass is 419 g/mol. The van der Waals surface area contributed by atoms with E-state index in [0.29, 0.717) is 31.6 Å². The number of carbonyl (C=O) groups is 1. The van der Waals surface area contributed by atoms with Gasteiger partial charge in [0, 0.05) is 26.7 Å². The van der Waals surface area contributed by atoms with E-state index in [1.54, 1.807) is 25.8 Å². The first-order chi connectivity index (χ1) is 13.7. The van der Waals surface area contributed by atoms with Gasteiger partial charge in [0.05, 0.1) is 5.92 Å². The molecule has 1 aliphatic rings. The maximum absolute atomic E-state index is 13.1. The van der Waals surface area contributed by atoms with Crippen LogP contribution < -0.4 is 0 Å². The molecule has 1 atom stereocenters. The normalized spacial score (nSPS) is 18.0. The van der Waals surface area contributed by atoms with E-state index < -0.39 is 10.0 Å². The molecule has 2 heterocycles. The van der Waals surface area contributed by atoms with Gasteiger partial charge in [0.2, 0.25) is 15.9 Å². The first-order valence-electron chi connectivity index (χ1n) is 9.99. The van der Waals surface area contributed by atoms with Crippen LogP contribution in [0.4, 0.5) is 0 Å². The van der Waals surface area contributed by atoms with Crippen LogP contribution in [0.15, 0.2) is 33.7 Å². The Kier molecular flexibility index (Phi) is 6.43. The van der Waals surface area contributed by atoms with Gasteiger partial charge in [-0.1, -0.05) is 36.3 Å². The number of aryl methyl sites for hydroxylation is 3. The van der Waals surface area contributed by atoms with Gasteiger partial charge in [-0.15, -0.1) is 0 Å². The summed E-state index contributed by atoms with van der Waals surface area (Å²) in [4.78, 5) is 14.8. The second-order valence-corrected chi connectivity index (χ2v) is 9.59. The van der Waals surface area contributed by atoms with Crippen molar-refractivity contribution < 1.29 is 17.7 Å². The molecule has 1 aliphatic heterocycles. The van der Waals surface area contributed by atoms with E-state index in [1.165, 1.54) is 9.87 Å². The smallest absolute Gasteiger partial charge is 0.248 e. The van der Waals surface area contributed by atoms with Gasteiger partial charge in [0.15, 0.2) is 5.76 Å². The van der Waals surface area contributed by atoms with E-state index in [-0.39, 0.29) is 29.0 Å². The Bertz CT molecular complexity index is 947. The van der Waals surface area contributed by atoms with E-state index >= 15 is 0 Å². The molecule has 3 rings (SSSR count). The average molecular weight is 420 g/mol. The van der Waals surface area contributed by atoms with Gasteiger partial charge in [-0.3, -0.25) is 4.79 Å². The highest BCUT2D eigenvalue weighted by atomic mass is 32.2. The number of amides is 1. The van der Waals surface area contributed by atoms with E-state index in [1.807, 2.05) is 12.1 Å². The van der Waals surface area contributed by atoms with Crippen molar-refractivity contribution >= 4 is 15.9 Å². The maximum Gasteiger partial charge on any atom is 0.248 e. The number of nitrogens with zero attached hydrogens (tertiary/aromatic N) is 3. The Morgan fingerprint density at radius 2 is 1.90 bits per heavy atom. The van der Waals surface area contributed by atoms with Gasteiger partial charge in [0.25, 0.3) is 0 Å². The summed E-state index contributed by atoms with van der Waals surface area (Å²) < 4.78 is 32.6. The van der Waals surface area contributed by atoms with Crippen LogP contribution in [-0.4, -0.2) is 48.8 Å². The molecule has 0 N–H and O–H groups in total. The number of piperidine rings is 1. The molecule has 1 amide bonds. The molecule has 1 fully saturated rings. The Morgan fingerprint density at radius 3 is 2.48 bits per heavy atom. The zero-order valence-electron chi connectivity index (χ0n) is 17.5. The Labute approximate surface area is 172 Å². The van der Waals surface area contributed by atoms with Crippen molar-refractivity contribution in [3.63, 3.8) is 0 Å². The summed E-state index contributed by atoms with van der Waals surface area (Å²) in [5.41, 5.74) is 2.67. The number of aromatic nitrogens is 1. The third-order valence-electron chi connectivity index (χ3n) is 5.53. The minimum absolute atomic E-state index is 0.0248. The first-order valence-corrected chi connectivity index (χ1v) is 11.4. The molecule has 158 valence electrons. The van der Waals surface area contributed by atoms with Gasteiger partial charge in [-0.2, -0.15) is 4.31 Å². The van der Waals surface area contributed by atoms with E-state index in [2.05, 4.69) is 24.2 Å². The van der Waals surface area contributed by atoms with Gasteiger partial charge < -0.3 is 9.42 Å². The molecule has 1 aromatic heterocycles. The largest absolute Gasteiger partial charge is 0.360 e.